The minimum Gasteiger partial charge on any atom is -0.481 e. The first-order valence-electron chi connectivity index (χ1n) is 8.32. The Morgan fingerprint density at radius 2 is 2.29 bits per heavy atom. The molecular formula is C17H24N2O5. The van der Waals surface area contributed by atoms with Gasteiger partial charge in [0.25, 0.3) is 0 Å². The summed E-state index contributed by atoms with van der Waals surface area (Å²) >= 11 is 0. The van der Waals surface area contributed by atoms with Crippen LogP contribution in [0, 0.1) is 5.92 Å². The SMILES string of the molecule is COc1ccc([C@H]2OCC[C@@H]2NC(=O)COC[C@H]2CCOC2)cn1. The lowest BCUT2D eigenvalue weighted by molar-refractivity contribution is -0.127. The molecule has 7 nitrogen and oxygen atoms in total. The van der Waals surface area contributed by atoms with Crippen LogP contribution in [0.4, 0.5) is 0 Å². The molecule has 0 aromatic carbocycles. The second-order valence-electron chi connectivity index (χ2n) is 6.13. The van der Waals surface area contributed by atoms with Crippen molar-refractivity contribution < 1.29 is 23.7 Å². The van der Waals surface area contributed by atoms with E-state index in [1.807, 2.05) is 6.07 Å². The van der Waals surface area contributed by atoms with Gasteiger partial charge < -0.3 is 24.3 Å². The number of rotatable bonds is 7. The van der Waals surface area contributed by atoms with E-state index in [1.165, 1.54) is 0 Å². The first kappa shape index (κ1) is 17.1. The second-order valence-corrected chi connectivity index (χ2v) is 6.13. The predicted octanol–water partition coefficient (Wildman–Crippen LogP) is 1.09. The molecule has 0 aliphatic carbocycles. The fourth-order valence-electron chi connectivity index (χ4n) is 3.03. The Kier molecular flexibility index (Phi) is 6.01. The van der Waals surface area contributed by atoms with Gasteiger partial charge in [0.05, 0.1) is 26.4 Å². The highest BCUT2D eigenvalue weighted by molar-refractivity contribution is 5.77. The van der Waals surface area contributed by atoms with Crippen molar-refractivity contribution in [3.63, 3.8) is 0 Å². The number of amides is 1. The number of ether oxygens (including phenoxy) is 4. The zero-order valence-corrected chi connectivity index (χ0v) is 13.9. The summed E-state index contributed by atoms with van der Waals surface area (Å²) in [6, 6.07) is 3.64. The van der Waals surface area contributed by atoms with E-state index in [4.69, 9.17) is 18.9 Å². The third kappa shape index (κ3) is 4.43. The Morgan fingerprint density at radius 3 is 3.00 bits per heavy atom. The van der Waals surface area contributed by atoms with E-state index in [9.17, 15) is 4.79 Å². The van der Waals surface area contributed by atoms with Crippen molar-refractivity contribution in [1.82, 2.24) is 10.3 Å². The van der Waals surface area contributed by atoms with E-state index in [1.54, 1.807) is 19.4 Å². The summed E-state index contributed by atoms with van der Waals surface area (Å²) in [5.41, 5.74) is 0.933. The first-order chi connectivity index (χ1) is 11.8. The second kappa shape index (κ2) is 8.41. The molecular weight excluding hydrogens is 312 g/mol. The smallest absolute Gasteiger partial charge is 0.246 e. The molecule has 0 bridgehead atoms. The Morgan fingerprint density at radius 1 is 1.38 bits per heavy atom. The Labute approximate surface area is 141 Å². The third-order valence-corrected chi connectivity index (χ3v) is 4.35. The molecule has 1 amide bonds. The standard InChI is InChI=1S/C17H24N2O5/c1-21-16-3-2-13(8-18-16)17-14(5-7-24-17)19-15(20)11-23-10-12-4-6-22-9-12/h2-3,8,12,14,17H,4-7,9-11H2,1H3,(H,19,20)/t12-,14-,17+/m0/s1. The molecule has 0 radical (unpaired) electrons. The molecule has 1 N–H and O–H groups in total. The van der Waals surface area contributed by atoms with Gasteiger partial charge in [-0.05, 0) is 18.9 Å². The summed E-state index contributed by atoms with van der Waals surface area (Å²) in [6.45, 7) is 2.77. The number of hydrogen-bond acceptors (Lipinski definition) is 6. The van der Waals surface area contributed by atoms with Crippen LogP contribution in [-0.2, 0) is 19.0 Å². The van der Waals surface area contributed by atoms with Crippen LogP contribution in [0.25, 0.3) is 0 Å². The van der Waals surface area contributed by atoms with E-state index < -0.39 is 0 Å². The summed E-state index contributed by atoms with van der Waals surface area (Å²) in [7, 11) is 1.58. The van der Waals surface area contributed by atoms with E-state index in [-0.39, 0.29) is 24.7 Å². The van der Waals surface area contributed by atoms with Crippen LogP contribution in [0.5, 0.6) is 5.88 Å². The van der Waals surface area contributed by atoms with Crippen LogP contribution >= 0.6 is 0 Å². The lowest BCUT2D eigenvalue weighted by Gasteiger charge is -2.20. The Hall–Kier alpha value is -1.70. The number of pyridine rings is 1. The fraction of sp³-hybridized carbons (Fsp3) is 0.647. The summed E-state index contributed by atoms with van der Waals surface area (Å²) in [5.74, 6) is 0.850. The molecule has 3 rings (SSSR count). The predicted molar refractivity (Wildman–Crippen MR) is 85.8 cm³/mol. The molecule has 132 valence electrons. The maximum Gasteiger partial charge on any atom is 0.246 e. The van der Waals surface area contributed by atoms with Crippen LogP contribution in [0.15, 0.2) is 18.3 Å². The number of methoxy groups -OCH3 is 1. The molecule has 2 fully saturated rings. The van der Waals surface area contributed by atoms with E-state index in [2.05, 4.69) is 10.3 Å². The number of nitrogens with zero attached hydrogens (tertiary/aromatic N) is 1. The van der Waals surface area contributed by atoms with Gasteiger partial charge in [-0.15, -0.1) is 0 Å². The van der Waals surface area contributed by atoms with Crippen LogP contribution < -0.4 is 10.1 Å². The molecule has 24 heavy (non-hydrogen) atoms. The topological polar surface area (TPSA) is 78.9 Å². The number of carbonyl (C=O) groups excluding carboxylic acids is 1. The van der Waals surface area contributed by atoms with Crippen molar-refractivity contribution in [3.05, 3.63) is 23.9 Å². The number of hydrogen-bond donors (Lipinski definition) is 1. The molecule has 0 saturated carbocycles. The molecule has 2 saturated heterocycles. The number of nitrogens with one attached hydrogen (secondary N) is 1. The summed E-state index contributed by atoms with van der Waals surface area (Å²) in [4.78, 5) is 16.3. The van der Waals surface area contributed by atoms with Crippen molar-refractivity contribution in [1.29, 1.82) is 0 Å². The molecule has 0 unspecified atom stereocenters. The van der Waals surface area contributed by atoms with Crippen molar-refractivity contribution in [2.45, 2.75) is 25.0 Å². The van der Waals surface area contributed by atoms with Gasteiger partial charge in [-0.3, -0.25) is 4.79 Å². The lowest BCUT2D eigenvalue weighted by atomic mass is 10.0. The maximum atomic E-state index is 12.1. The van der Waals surface area contributed by atoms with Crippen molar-refractivity contribution in [3.8, 4) is 5.88 Å². The normalized spacial score (nSPS) is 26.5. The molecule has 2 aliphatic heterocycles. The van der Waals surface area contributed by atoms with Gasteiger partial charge in [-0.2, -0.15) is 0 Å². The first-order valence-corrected chi connectivity index (χ1v) is 8.32. The van der Waals surface area contributed by atoms with E-state index in [0.29, 0.717) is 25.0 Å². The average Bonchev–Trinajstić information content (AvgIpc) is 3.27. The monoisotopic (exact) mass is 336 g/mol. The van der Waals surface area contributed by atoms with E-state index in [0.717, 1.165) is 31.6 Å². The van der Waals surface area contributed by atoms with Crippen LogP contribution in [0.1, 0.15) is 24.5 Å². The largest absolute Gasteiger partial charge is 0.481 e. The molecule has 1 aromatic heterocycles. The third-order valence-electron chi connectivity index (χ3n) is 4.35. The molecule has 3 atom stereocenters. The van der Waals surface area contributed by atoms with Gasteiger partial charge in [0, 0.05) is 37.0 Å². The van der Waals surface area contributed by atoms with Gasteiger partial charge in [0.15, 0.2) is 0 Å². The Bertz CT molecular complexity index is 530. The molecule has 0 spiro atoms. The summed E-state index contributed by atoms with van der Waals surface area (Å²) < 4.78 is 21.6. The Balaban J connectivity index is 1.46. The molecule has 7 heteroatoms. The maximum absolute atomic E-state index is 12.1. The van der Waals surface area contributed by atoms with Crippen molar-refractivity contribution >= 4 is 5.91 Å². The minimum atomic E-state index is -0.185. The molecule has 1 aromatic rings. The van der Waals surface area contributed by atoms with Crippen molar-refractivity contribution in [2.75, 3.05) is 40.1 Å². The van der Waals surface area contributed by atoms with E-state index >= 15 is 0 Å². The zero-order valence-electron chi connectivity index (χ0n) is 13.9. The van der Waals surface area contributed by atoms with Crippen LogP contribution in [-0.4, -0.2) is 57.1 Å². The van der Waals surface area contributed by atoms with Gasteiger partial charge >= 0.3 is 0 Å². The van der Waals surface area contributed by atoms with Gasteiger partial charge in [-0.1, -0.05) is 0 Å². The lowest BCUT2D eigenvalue weighted by Crippen LogP contribution is -2.39. The summed E-state index contributed by atoms with van der Waals surface area (Å²) in [5, 5.41) is 3.00. The molecule has 2 aliphatic rings. The number of carbonyl (C=O) groups is 1. The van der Waals surface area contributed by atoms with Gasteiger partial charge in [0.2, 0.25) is 11.8 Å². The van der Waals surface area contributed by atoms with Crippen LogP contribution in [0.3, 0.4) is 0 Å². The highest BCUT2D eigenvalue weighted by Crippen LogP contribution is 2.29. The molecule has 3 heterocycles. The average molecular weight is 336 g/mol. The van der Waals surface area contributed by atoms with Gasteiger partial charge in [-0.25, -0.2) is 4.98 Å². The quantitative estimate of drug-likeness (QED) is 0.803. The van der Waals surface area contributed by atoms with Crippen LogP contribution in [0.2, 0.25) is 0 Å². The summed E-state index contributed by atoms with van der Waals surface area (Å²) in [6.07, 6.45) is 3.32. The zero-order chi connectivity index (χ0) is 16.8. The highest BCUT2D eigenvalue weighted by atomic mass is 16.5. The van der Waals surface area contributed by atoms with Gasteiger partial charge in [0.1, 0.15) is 12.7 Å². The number of aromatic nitrogens is 1. The highest BCUT2D eigenvalue weighted by Gasteiger charge is 2.31. The van der Waals surface area contributed by atoms with Crippen molar-refractivity contribution in [2.24, 2.45) is 5.92 Å². The fourth-order valence-corrected chi connectivity index (χ4v) is 3.03. The minimum absolute atomic E-state index is 0.0638.